The summed E-state index contributed by atoms with van der Waals surface area (Å²) in [5, 5.41) is 0. The number of hydrogen-bond donors (Lipinski definition) is 2. The Kier molecular flexibility index (Phi) is 5.55. The predicted octanol–water partition coefficient (Wildman–Crippen LogP) is 3.31. The molecule has 1 unspecified atom stereocenters. The number of benzene rings is 1. The second-order valence-corrected chi connectivity index (χ2v) is 6.34. The number of halogens is 2. The van der Waals surface area contributed by atoms with Gasteiger partial charge in [-0.05, 0) is 43.0 Å². The van der Waals surface area contributed by atoms with Crippen LogP contribution < -0.4 is 11.3 Å². The van der Waals surface area contributed by atoms with E-state index in [1.54, 1.807) is 19.2 Å². The number of ether oxygens (including phenoxy) is 1. The standard InChI is InChI=1S/C15H22BrFN2O/c1-20-15(7-3-2-4-8-15)14(19-18)10-11-9-12(17)5-6-13(11)16/h5-6,9,14,19H,2-4,7-8,10,18H2,1H3. The third kappa shape index (κ3) is 3.39. The molecule has 0 aliphatic heterocycles. The Balaban J connectivity index is 2.21. The maximum absolute atomic E-state index is 13.4. The van der Waals surface area contributed by atoms with Gasteiger partial charge in [0.25, 0.3) is 0 Å². The quantitative estimate of drug-likeness (QED) is 0.636. The van der Waals surface area contributed by atoms with E-state index < -0.39 is 0 Å². The summed E-state index contributed by atoms with van der Waals surface area (Å²) >= 11 is 3.48. The Morgan fingerprint density at radius 3 is 2.70 bits per heavy atom. The van der Waals surface area contributed by atoms with Crippen LogP contribution in [0.2, 0.25) is 0 Å². The highest BCUT2D eigenvalue weighted by Crippen LogP contribution is 2.35. The SMILES string of the molecule is COC1(C(Cc2cc(F)ccc2Br)NN)CCCCC1. The maximum Gasteiger partial charge on any atom is 0.123 e. The lowest BCUT2D eigenvalue weighted by Crippen LogP contribution is -2.56. The summed E-state index contributed by atoms with van der Waals surface area (Å²) in [7, 11) is 1.75. The van der Waals surface area contributed by atoms with Gasteiger partial charge in [-0.25, -0.2) is 4.39 Å². The molecule has 0 amide bonds. The lowest BCUT2D eigenvalue weighted by molar-refractivity contribution is -0.0674. The molecule has 1 fully saturated rings. The third-order valence-corrected chi connectivity index (χ3v) is 5.15. The highest BCUT2D eigenvalue weighted by atomic mass is 79.9. The van der Waals surface area contributed by atoms with Gasteiger partial charge in [-0.15, -0.1) is 0 Å². The first-order valence-corrected chi connectivity index (χ1v) is 7.86. The van der Waals surface area contributed by atoms with Gasteiger partial charge in [0, 0.05) is 11.6 Å². The lowest BCUT2D eigenvalue weighted by atomic mass is 9.77. The maximum atomic E-state index is 13.4. The van der Waals surface area contributed by atoms with Crippen molar-refractivity contribution in [2.45, 2.75) is 50.2 Å². The summed E-state index contributed by atoms with van der Waals surface area (Å²) in [5.41, 5.74) is 3.55. The molecular formula is C15H22BrFN2O. The minimum atomic E-state index is -0.251. The van der Waals surface area contributed by atoms with Crippen LogP contribution in [0, 0.1) is 5.82 Å². The molecule has 3 N–H and O–H groups in total. The lowest BCUT2D eigenvalue weighted by Gasteiger charge is -2.42. The molecule has 0 aromatic heterocycles. The molecule has 1 aliphatic rings. The zero-order valence-electron chi connectivity index (χ0n) is 11.8. The van der Waals surface area contributed by atoms with Gasteiger partial charge in [0.1, 0.15) is 5.82 Å². The Bertz CT molecular complexity index is 449. The number of nitrogens with two attached hydrogens (primary N) is 1. The molecule has 0 saturated heterocycles. The van der Waals surface area contributed by atoms with E-state index in [1.165, 1.54) is 12.5 Å². The fourth-order valence-corrected chi connectivity index (χ4v) is 3.57. The van der Waals surface area contributed by atoms with Gasteiger partial charge in [0.05, 0.1) is 11.6 Å². The third-order valence-electron chi connectivity index (χ3n) is 4.37. The minimum absolute atomic E-state index is 0.0223. The monoisotopic (exact) mass is 344 g/mol. The summed E-state index contributed by atoms with van der Waals surface area (Å²) in [6, 6.07) is 4.72. The number of hydrogen-bond acceptors (Lipinski definition) is 3. The molecular weight excluding hydrogens is 323 g/mol. The molecule has 0 heterocycles. The Morgan fingerprint density at radius 2 is 2.10 bits per heavy atom. The molecule has 1 aromatic carbocycles. The molecule has 1 atom stereocenters. The van der Waals surface area contributed by atoms with Crippen molar-refractivity contribution in [2.75, 3.05) is 7.11 Å². The minimum Gasteiger partial charge on any atom is -0.377 e. The molecule has 1 aliphatic carbocycles. The van der Waals surface area contributed by atoms with Crippen molar-refractivity contribution >= 4 is 15.9 Å². The van der Waals surface area contributed by atoms with Crippen LogP contribution in [-0.2, 0) is 11.2 Å². The van der Waals surface area contributed by atoms with Crippen LogP contribution in [0.1, 0.15) is 37.7 Å². The van der Waals surface area contributed by atoms with Crippen molar-refractivity contribution < 1.29 is 9.13 Å². The summed E-state index contributed by atoms with van der Waals surface area (Å²) in [5.74, 6) is 5.53. The normalized spacial score (nSPS) is 19.8. The summed E-state index contributed by atoms with van der Waals surface area (Å²) in [6.45, 7) is 0. The van der Waals surface area contributed by atoms with E-state index in [0.29, 0.717) is 6.42 Å². The van der Waals surface area contributed by atoms with Crippen molar-refractivity contribution in [3.8, 4) is 0 Å². The van der Waals surface area contributed by atoms with Gasteiger partial charge in [0.2, 0.25) is 0 Å². The van der Waals surface area contributed by atoms with Crippen molar-refractivity contribution in [1.29, 1.82) is 0 Å². The van der Waals surface area contributed by atoms with Crippen LogP contribution in [-0.4, -0.2) is 18.8 Å². The van der Waals surface area contributed by atoms with Gasteiger partial charge < -0.3 is 4.74 Å². The molecule has 2 rings (SSSR count). The molecule has 1 saturated carbocycles. The van der Waals surface area contributed by atoms with Gasteiger partial charge >= 0.3 is 0 Å². The first kappa shape index (κ1) is 15.9. The van der Waals surface area contributed by atoms with Gasteiger partial charge in [-0.3, -0.25) is 11.3 Å². The van der Waals surface area contributed by atoms with Crippen LogP contribution in [0.25, 0.3) is 0 Å². The molecule has 0 bridgehead atoms. The van der Waals surface area contributed by atoms with Crippen molar-refractivity contribution in [3.63, 3.8) is 0 Å². The van der Waals surface area contributed by atoms with Crippen LogP contribution in [0.4, 0.5) is 4.39 Å². The van der Waals surface area contributed by atoms with Crippen LogP contribution in [0.5, 0.6) is 0 Å². The van der Waals surface area contributed by atoms with Gasteiger partial charge in [-0.2, -0.15) is 0 Å². The number of methoxy groups -OCH3 is 1. The van der Waals surface area contributed by atoms with Crippen molar-refractivity contribution in [2.24, 2.45) is 5.84 Å². The first-order valence-electron chi connectivity index (χ1n) is 7.06. The summed E-state index contributed by atoms with van der Waals surface area (Å²) in [4.78, 5) is 0. The average molecular weight is 345 g/mol. The van der Waals surface area contributed by atoms with E-state index in [-0.39, 0.29) is 17.5 Å². The molecule has 112 valence electrons. The van der Waals surface area contributed by atoms with Gasteiger partial charge in [-0.1, -0.05) is 35.2 Å². The fraction of sp³-hybridized carbons (Fsp3) is 0.600. The predicted molar refractivity (Wildman–Crippen MR) is 81.7 cm³/mol. The molecule has 1 aromatic rings. The molecule has 0 radical (unpaired) electrons. The molecule has 5 heteroatoms. The number of nitrogens with one attached hydrogen (secondary N) is 1. The number of hydrazine groups is 1. The second-order valence-electron chi connectivity index (χ2n) is 5.49. The van der Waals surface area contributed by atoms with Crippen molar-refractivity contribution in [3.05, 3.63) is 34.1 Å². The fourth-order valence-electron chi connectivity index (χ4n) is 3.16. The van der Waals surface area contributed by atoms with E-state index in [0.717, 1.165) is 35.7 Å². The zero-order valence-corrected chi connectivity index (χ0v) is 13.4. The van der Waals surface area contributed by atoms with E-state index in [4.69, 9.17) is 10.6 Å². The highest BCUT2D eigenvalue weighted by molar-refractivity contribution is 9.10. The van der Waals surface area contributed by atoms with Crippen LogP contribution in [0.3, 0.4) is 0 Å². The largest absolute Gasteiger partial charge is 0.377 e. The topological polar surface area (TPSA) is 47.3 Å². The summed E-state index contributed by atoms with van der Waals surface area (Å²) < 4.78 is 20.1. The molecule has 0 spiro atoms. The first-order chi connectivity index (χ1) is 9.61. The van der Waals surface area contributed by atoms with E-state index in [1.807, 2.05) is 0 Å². The Morgan fingerprint density at radius 1 is 1.40 bits per heavy atom. The smallest absolute Gasteiger partial charge is 0.123 e. The average Bonchev–Trinajstić information content (AvgIpc) is 2.48. The van der Waals surface area contributed by atoms with E-state index in [2.05, 4.69) is 21.4 Å². The van der Waals surface area contributed by atoms with Gasteiger partial charge in [0.15, 0.2) is 0 Å². The molecule has 20 heavy (non-hydrogen) atoms. The zero-order chi connectivity index (χ0) is 14.6. The highest BCUT2D eigenvalue weighted by Gasteiger charge is 2.39. The molecule has 3 nitrogen and oxygen atoms in total. The van der Waals surface area contributed by atoms with Crippen molar-refractivity contribution in [1.82, 2.24) is 5.43 Å². The van der Waals surface area contributed by atoms with Crippen LogP contribution in [0.15, 0.2) is 22.7 Å². The second kappa shape index (κ2) is 6.98. The Hall–Kier alpha value is -0.490. The van der Waals surface area contributed by atoms with Crippen LogP contribution >= 0.6 is 15.9 Å². The number of rotatable bonds is 5. The van der Waals surface area contributed by atoms with E-state index >= 15 is 0 Å². The van der Waals surface area contributed by atoms with E-state index in [9.17, 15) is 4.39 Å². The Labute approximate surface area is 128 Å². The summed E-state index contributed by atoms with van der Waals surface area (Å²) in [6.07, 6.45) is 6.16.